The molecule has 8 heteroatoms. The average Bonchev–Trinajstić information content (AvgIpc) is 3.32. The van der Waals surface area contributed by atoms with Gasteiger partial charge in [0.25, 0.3) is 5.91 Å². The van der Waals surface area contributed by atoms with Gasteiger partial charge in [-0.1, -0.05) is 18.1 Å². The van der Waals surface area contributed by atoms with Gasteiger partial charge in [0, 0.05) is 39.3 Å². The van der Waals surface area contributed by atoms with Crippen molar-refractivity contribution in [2.24, 2.45) is 4.99 Å². The fourth-order valence-electron chi connectivity index (χ4n) is 3.27. The third-order valence-corrected chi connectivity index (χ3v) is 4.84. The second kappa shape index (κ2) is 12.9. The van der Waals surface area contributed by atoms with Crippen LogP contribution in [0, 0.1) is 12.3 Å². The summed E-state index contributed by atoms with van der Waals surface area (Å²) in [5.41, 5.74) is 1.19. The number of terminal acetylenes is 1. The van der Waals surface area contributed by atoms with E-state index in [1.54, 1.807) is 12.1 Å². The van der Waals surface area contributed by atoms with Gasteiger partial charge in [-0.15, -0.1) is 30.4 Å². The molecule has 1 aliphatic rings. The number of carbonyl (C=O) groups excluding carboxylic acids is 1. The number of piperazine rings is 1. The van der Waals surface area contributed by atoms with Gasteiger partial charge in [0.15, 0.2) is 11.7 Å². The fraction of sp³-hybridized carbons (Fsp3) is 0.391. The molecule has 2 aromatic rings. The van der Waals surface area contributed by atoms with Crippen LogP contribution in [-0.2, 0) is 6.42 Å². The lowest BCUT2D eigenvalue weighted by Crippen LogP contribution is -2.53. The number of nitrogens with zero attached hydrogens (tertiary/aromatic N) is 3. The molecule has 1 fully saturated rings. The Balaban J connectivity index is 0.00000341. The Morgan fingerprint density at radius 2 is 1.90 bits per heavy atom. The smallest absolute Gasteiger partial charge is 0.289 e. The van der Waals surface area contributed by atoms with E-state index in [1.807, 2.05) is 29.2 Å². The van der Waals surface area contributed by atoms with Crippen molar-refractivity contribution in [3.8, 4) is 18.1 Å². The van der Waals surface area contributed by atoms with Crippen LogP contribution in [0.15, 0.2) is 52.1 Å². The number of ether oxygens (including phenoxy) is 1. The normalized spacial score (nSPS) is 13.9. The third-order valence-electron chi connectivity index (χ3n) is 4.84. The highest BCUT2D eigenvalue weighted by atomic mass is 127. The molecule has 1 amide bonds. The number of furan rings is 1. The van der Waals surface area contributed by atoms with E-state index in [1.165, 1.54) is 11.8 Å². The Morgan fingerprint density at radius 1 is 1.19 bits per heavy atom. The summed E-state index contributed by atoms with van der Waals surface area (Å²) in [7, 11) is 0. The van der Waals surface area contributed by atoms with Gasteiger partial charge >= 0.3 is 0 Å². The first-order chi connectivity index (χ1) is 14.7. The average molecular weight is 536 g/mol. The van der Waals surface area contributed by atoms with Gasteiger partial charge in [0.2, 0.25) is 0 Å². The number of guanidine groups is 1. The molecule has 7 nitrogen and oxygen atoms in total. The molecule has 0 saturated carbocycles. The zero-order valence-electron chi connectivity index (χ0n) is 17.8. The summed E-state index contributed by atoms with van der Waals surface area (Å²) in [5, 5.41) is 3.36. The monoisotopic (exact) mass is 536 g/mol. The first-order valence-electron chi connectivity index (χ1n) is 10.2. The summed E-state index contributed by atoms with van der Waals surface area (Å²) in [5.74, 6) is 4.45. The molecule has 0 aliphatic carbocycles. The minimum absolute atomic E-state index is 0. The maximum absolute atomic E-state index is 12.4. The van der Waals surface area contributed by atoms with Crippen LogP contribution in [0.2, 0.25) is 0 Å². The maximum atomic E-state index is 12.4. The zero-order valence-corrected chi connectivity index (χ0v) is 20.1. The van der Waals surface area contributed by atoms with Crippen molar-refractivity contribution in [3.05, 3.63) is 54.0 Å². The van der Waals surface area contributed by atoms with Crippen LogP contribution in [0.1, 0.15) is 23.0 Å². The van der Waals surface area contributed by atoms with Gasteiger partial charge in [-0.3, -0.25) is 9.79 Å². The molecule has 0 atom stereocenters. The van der Waals surface area contributed by atoms with Gasteiger partial charge in [-0.2, -0.15) is 0 Å². The predicted octanol–water partition coefficient (Wildman–Crippen LogP) is 2.88. The van der Waals surface area contributed by atoms with Gasteiger partial charge in [-0.25, -0.2) is 0 Å². The molecule has 1 aromatic carbocycles. The summed E-state index contributed by atoms with van der Waals surface area (Å²) in [6, 6.07) is 11.4. The molecule has 166 valence electrons. The molecule has 3 rings (SSSR count). The second-order valence-electron chi connectivity index (χ2n) is 6.88. The Morgan fingerprint density at radius 3 is 2.52 bits per heavy atom. The number of hydrogen-bond donors (Lipinski definition) is 1. The lowest BCUT2D eigenvalue weighted by molar-refractivity contribution is 0.0657. The minimum Gasteiger partial charge on any atom is -0.481 e. The molecule has 1 N–H and O–H groups in total. The molecule has 1 aliphatic heterocycles. The lowest BCUT2D eigenvalue weighted by atomic mass is 10.1. The molecule has 0 spiro atoms. The highest BCUT2D eigenvalue weighted by Crippen LogP contribution is 2.13. The van der Waals surface area contributed by atoms with E-state index >= 15 is 0 Å². The highest BCUT2D eigenvalue weighted by molar-refractivity contribution is 14.0. The van der Waals surface area contributed by atoms with E-state index in [0.717, 1.165) is 37.8 Å². The summed E-state index contributed by atoms with van der Waals surface area (Å²) < 4.78 is 10.6. The number of hydrogen-bond acceptors (Lipinski definition) is 4. The van der Waals surface area contributed by atoms with E-state index in [0.29, 0.717) is 25.4 Å². The number of aliphatic imine (C=N–C) groups is 1. The molecular formula is C23H29IN4O3. The SMILES string of the molecule is C#CCOc1ccc(CCN=C(NCC)N2CCN(C(=O)c3ccco3)CC2)cc1.I. The summed E-state index contributed by atoms with van der Waals surface area (Å²) in [6.45, 7) is 6.56. The first kappa shape index (κ1) is 24.6. The predicted molar refractivity (Wildman–Crippen MR) is 132 cm³/mol. The zero-order chi connectivity index (χ0) is 21.2. The molecule has 31 heavy (non-hydrogen) atoms. The first-order valence-corrected chi connectivity index (χ1v) is 10.2. The van der Waals surface area contributed by atoms with Gasteiger partial charge in [0.05, 0.1) is 6.26 Å². The lowest BCUT2D eigenvalue weighted by Gasteiger charge is -2.36. The van der Waals surface area contributed by atoms with E-state index in [2.05, 4.69) is 23.1 Å². The summed E-state index contributed by atoms with van der Waals surface area (Å²) >= 11 is 0. The Labute approximate surface area is 200 Å². The standard InChI is InChI=1S/C23H28N4O3.HI/c1-3-17-29-20-9-7-19(8-10-20)11-12-25-23(24-4-2)27-15-13-26(14-16-27)22(28)21-6-5-18-30-21;/h1,5-10,18H,4,11-17H2,2H3,(H,24,25);1H. The topological polar surface area (TPSA) is 70.3 Å². The molecule has 1 aromatic heterocycles. The van der Waals surface area contributed by atoms with E-state index in [9.17, 15) is 4.79 Å². The summed E-state index contributed by atoms with van der Waals surface area (Å²) in [4.78, 5) is 21.2. The number of amides is 1. The quantitative estimate of drug-likeness (QED) is 0.255. The Bertz CT molecular complexity index is 867. The van der Waals surface area contributed by atoms with Gasteiger partial charge < -0.3 is 24.3 Å². The fourth-order valence-corrected chi connectivity index (χ4v) is 3.27. The number of rotatable bonds is 7. The molecule has 0 unspecified atom stereocenters. The number of carbonyl (C=O) groups is 1. The summed E-state index contributed by atoms with van der Waals surface area (Å²) in [6.07, 6.45) is 7.57. The van der Waals surface area contributed by atoms with E-state index in [4.69, 9.17) is 20.6 Å². The maximum Gasteiger partial charge on any atom is 0.289 e. The van der Waals surface area contributed by atoms with Crippen LogP contribution in [0.5, 0.6) is 5.75 Å². The molecule has 2 heterocycles. The second-order valence-corrected chi connectivity index (χ2v) is 6.88. The van der Waals surface area contributed by atoms with E-state index < -0.39 is 0 Å². The van der Waals surface area contributed by atoms with Crippen molar-refractivity contribution < 1.29 is 13.9 Å². The van der Waals surface area contributed by atoms with Crippen molar-refractivity contribution in [1.29, 1.82) is 0 Å². The minimum atomic E-state index is -0.0590. The van der Waals surface area contributed by atoms with E-state index in [-0.39, 0.29) is 36.5 Å². The van der Waals surface area contributed by atoms with Gasteiger partial charge in [0.1, 0.15) is 12.4 Å². The van der Waals surface area contributed by atoms with Crippen LogP contribution in [0.4, 0.5) is 0 Å². The van der Waals surface area contributed by atoms with Crippen molar-refractivity contribution in [3.63, 3.8) is 0 Å². The molecule has 0 radical (unpaired) electrons. The highest BCUT2D eigenvalue weighted by Gasteiger charge is 2.25. The number of benzene rings is 1. The molecule has 0 bridgehead atoms. The van der Waals surface area contributed by atoms with Gasteiger partial charge in [-0.05, 0) is 43.2 Å². The van der Waals surface area contributed by atoms with Crippen LogP contribution in [0.25, 0.3) is 0 Å². The van der Waals surface area contributed by atoms with Crippen LogP contribution >= 0.6 is 24.0 Å². The number of nitrogens with one attached hydrogen (secondary N) is 1. The van der Waals surface area contributed by atoms with Crippen molar-refractivity contribution in [2.75, 3.05) is 45.9 Å². The molecule has 1 saturated heterocycles. The van der Waals surface area contributed by atoms with Crippen LogP contribution < -0.4 is 10.1 Å². The number of halogens is 1. The Kier molecular flexibility index (Phi) is 10.2. The third kappa shape index (κ3) is 7.21. The van der Waals surface area contributed by atoms with Crippen LogP contribution in [-0.4, -0.2) is 67.5 Å². The Hall–Kier alpha value is -2.67. The largest absolute Gasteiger partial charge is 0.481 e. The van der Waals surface area contributed by atoms with Crippen LogP contribution in [0.3, 0.4) is 0 Å². The van der Waals surface area contributed by atoms with Crippen molar-refractivity contribution in [1.82, 2.24) is 15.1 Å². The van der Waals surface area contributed by atoms with Crippen molar-refractivity contribution >= 4 is 35.8 Å². The van der Waals surface area contributed by atoms with Crippen molar-refractivity contribution in [2.45, 2.75) is 13.3 Å². The molecular weight excluding hydrogens is 507 g/mol.